The summed E-state index contributed by atoms with van der Waals surface area (Å²) in [5.41, 5.74) is 3.01. The van der Waals surface area contributed by atoms with E-state index in [4.69, 9.17) is 0 Å². The maximum atomic E-state index is 12.4. The molecule has 0 atom stereocenters. The van der Waals surface area contributed by atoms with Gasteiger partial charge in [-0.3, -0.25) is 4.79 Å². The maximum Gasteiger partial charge on any atom is 0.251 e. The van der Waals surface area contributed by atoms with Crippen molar-refractivity contribution in [2.45, 2.75) is 64.8 Å². The summed E-state index contributed by atoms with van der Waals surface area (Å²) in [6.07, 6.45) is 8.70. The molecule has 1 aromatic carbocycles. The van der Waals surface area contributed by atoms with E-state index in [1.165, 1.54) is 32.1 Å². The zero-order valence-corrected chi connectivity index (χ0v) is 13.4. The van der Waals surface area contributed by atoms with Crippen molar-refractivity contribution in [3.05, 3.63) is 29.3 Å². The van der Waals surface area contributed by atoms with Gasteiger partial charge in [-0.1, -0.05) is 32.1 Å². The Hall–Kier alpha value is -1.51. The Morgan fingerprint density at radius 2 is 1.81 bits per heavy atom. The molecule has 1 aromatic rings. The summed E-state index contributed by atoms with van der Waals surface area (Å²) < 4.78 is 0. The second kappa shape index (κ2) is 8.06. The lowest BCUT2D eigenvalue weighted by molar-refractivity contribution is 0.0930. The fourth-order valence-corrected chi connectivity index (χ4v) is 3.06. The molecule has 21 heavy (non-hydrogen) atoms. The first-order valence-corrected chi connectivity index (χ1v) is 8.36. The van der Waals surface area contributed by atoms with Crippen LogP contribution in [0, 0.1) is 6.92 Å². The van der Waals surface area contributed by atoms with Gasteiger partial charge in [-0.2, -0.15) is 0 Å². The van der Waals surface area contributed by atoms with Gasteiger partial charge in [0.1, 0.15) is 0 Å². The quantitative estimate of drug-likeness (QED) is 0.868. The van der Waals surface area contributed by atoms with Crippen molar-refractivity contribution >= 4 is 11.6 Å². The summed E-state index contributed by atoms with van der Waals surface area (Å²) in [5.74, 6) is 0.0757. The van der Waals surface area contributed by atoms with Crippen LogP contribution in [0.1, 0.15) is 67.8 Å². The van der Waals surface area contributed by atoms with Crippen molar-refractivity contribution < 1.29 is 4.79 Å². The largest absolute Gasteiger partial charge is 0.385 e. The van der Waals surface area contributed by atoms with Crippen LogP contribution >= 0.6 is 0 Å². The molecule has 0 heterocycles. The minimum Gasteiger partial charge on any atom is -0.385 e. The van der Waals surface area contributed by atoms with Crippen LogP contribution in [0.25, 0.3) is 0 Å². The number of rotatable bonds is 4. The van der Waals surface area contributed by atoms with E-state index < -0.39 is 0 Å². The second-order valence-corrected chi connectivity index (χ2v) is 6.08. The van der Waals surface area contributed by atoms with Crippen LogP contribution in [0.4, 0.5) is 5.69 Å². The molecule has 0 saturated heterocycles. The first kappa shape index (κ1) is 15.9. The van der Waals surface area contributed by atoms with E-state index in [-0.39, 0.29) is 5.91 Å². The highest BCUT2D eigenvalue weighted by Crippen LogP contribution is 2.19. The number of hydrogen-bond acceptors (Lipinski definition) is 2. The molecule has 0 bridgehead atoms. The third-order valence-electron chi connectivity index (χ3n) is 4.30. The fourth-order valence-electron chi connectivity index (χ4n) is 3.06. The van der Waals surface area contributed by atoms with Gasteiger partial charge in [-0.05, 0) is 50.5 Å². The number of benzene rings is 1. The van der Waals surface area contributed by atoms with Crippen molar-refractivity contribution in [2.75, 3.05) is 11.9 Å². The number of amides is 1. The van der Waals surface area contributed by atoms with Crippen molar-refractivity contribution in [3.8, 4) is 0 Å². The summed E-state index contributed by atoms with van der Waals surface area (Å²) in [6, 6.07) is 6.26. The molecular weight excluding hydrogens is 260 g/mol. The van der Waals surface area contributed by atoms with Crippen molar-refractivity contribution in [2.24, 2.45) is 0 Å². The average Bonchev–Trinajstić information content (AvgIpc) is 2.44. The van der Waals surface area contributed by atoms with Gasteiger partial charge in [0.05, 0.1) is 0 Å². The fraction of sp³-hybridized carbons (Fsp3) is 0.611. The van der Waals surface area contributed by atoms with E-state index in [0.29, 0.717) is 6.04 Å². The monoisotopic (exact) mass is 288 g/mol. The smallest absolute Gasteiger partial charge is 0.251 e. The van der Waals surface area contributed by atoms with Gasteiger partial charge >= 0.3 is 0 Å². The topological polar surface area (TPSA) is 41.1 Å². The number of carbonyl (C=O) groups excluding carboxylic acids is 1. The molecule has 0 aliphatic heterocycles. The summed E-state index contributed by atoms with van der Waals surface area (Å²) in [4.78, 5) is 12.4. The first-order chi connectivity index (χ1) is 10.2. The van der Waals surface area contributed by atoms with Gasteiger partial charge in [-0.15, -0.1) is 0 Å². The van der Waals surface area contributed by atoms with Gasteiger partial charge in [0.15, 0.2) is 0 Å². The molecule has 0 spiro atoms. The molecule has 1 amide bonds. The Morgan fingerprint density at radius 1 is 1.14 bits per heavy atom. The van der Waals surface area contributed by atoms with Crippen LogP contribution in [0.2, 0.25) is 0 Å². The Morgan fingerprint density at radius 3 is 2.43 bits per heavy atom. The molecule has 3 heteroatoms. The molecule has 1 aliphatic rings. The zero-order valence-electron chi connectivity index (χ0n) is 13.4. The van der Waals surface area contributed by atoms with Crippen molar-refractivity contribution in [1.29, 1.82) is 0 Å². The molecule has 1 saturated carbocycles. The minimum absolute atomic E-state index is 0.0757. The van der Waals surface area contributed by atoms with Gasteiger partial charge in [0.2, 0.25) is 0 Å². The van der Waals surface area contributed by atoms with Crippen LogP contribution in [0.3, 0.4) is 0 Å². The summed E-state index contributed by atoms with van der Waals surface area (Å²) in [5, 5.41) is 6.53. The Bertz CT molecular complexity index is 462. The van der Waals surface area contributed by atoms with Crippen LogP contribution in [0.5, 0.6) is 0 Å². The Balaban J connectivity index is 1.97. The molecule has 1 aliphatic carbocycles. The van der Waals surface area contributed by atoms with Crippen LogP contribution in [0.15, 0.2) is 18.2 Å². The minimum atomic E-state index is 0.0757. The summed E-state index contributed by atoms with van der Waals surface area (Å²) >= 11 is 0. The van der Waals surface area contributed by atoms with E-state index in [0.717, 1.165) is 36.2 Å². The molecule has 0 aromatic heterocycles. The highest BCUT2D eigenvalue weighted by molar-refractivity contribution is 5.95. The zero-order chi connectivity index (χ0) is 15.1. The number of nitrogens with one attached hydrogen (secondary N) is 2. The summed E-state index contributed by atoms with van der Waals surface area (Å²) in [7, 11) is 0. The molecule has 1 fully saturated rings. The second-order valence-electron chi connectivity index (χ2n) is 6.08. The normalized spacial score (nSPS) is 16.9. The van der Waals surface area contributed by atoms with Crippen molar-refractivity contribution in [1.82, 2.24) is 5.32 Å². The Kier molecular flexibility index (Phi) is 6.09. The number of carbonyl (C=O) groups is 1. The predicted octanol–water partition coefficient (Wildman–Crippen LogP) is 4.27. The van der Waals surface area contributed by atoms with Crippen LogP contribution < -0.4 is 10.6 Å². The highest BCUT2D eigenvalue weighted by Gasteiger charge is 2.15. The lowest BCUT2D eigenvalue weighted by Crippen LogP contribution is -2.35. The molecular formula is C18H28N2O. The molecule has 116 valence electrons. The molecule has 0 radical (unpaired) electrons. The van der Waals surface area contributed by atoms with Crippen LogP contribution in [-0.4, -0.2) is 18.5 Å². The van der Waals surface area contributed by atoms with E-state index in [1.807, 2.05) is 25.1 Å². The van der Waals surface area contributed by atoms with E-state index >= 15 is 0 Å². The lowest BCUT2D eigenvalue weighted by atomic mass is 9.96. The number of anilines is 1. The Labute approximate surface area is 128 Å². The third kappa shape index (κ3) is 4.76. The molecule has 3 nitrogen and oxygen atoms in total. The number of aryl methyl sites for hydroxylation is 1. The SMILES string of the molecule is CCNc1ccc(C(=O)NC2CCCCCCC2)cc1C. The van der Waals surface area contributed by atoms with Gasteiger partial charge in [0.25, 0.3) is 5.91 Å². The molecule has 2 N–H and O–H groups in total. The number of hydrogen-bond donors (Lipinski definition) is 2. The van der Waals surface area contributed by atoms with E-state index in [2.05, 4.69) is 17.6 Å². The van der Waals surface area contributed by atoms with Gasteiger partial charge in [-0.25, -0.2) is 0 Å². The van der Waals surface area contributed by atoms with E-state index in [9.17, 15) is 4.79 Å². The summed E-state index contributed by atoms with van der Waals surface area (Å²) in [6.45, 7) is 5.02. The van der Waals surface area contributed by atoms with E-state index in [1.54, 1.807) is 0 Å². The van der Waals surface area contributed by atoms with Crippen molar-refractivity contribution in [3.63, 3.8) is 0 Å². The molecule has 2 rings (SSSR count). The van der Waals surface area contributed by atoms with Gasteiger partial charge in [0, 0.05) is 23.8 Å². The standard InChI is InChI=1S/C18H28N2O/c1-3-19-17-12-11-15(13-14(17)2)18(21)20-16-9-7-5-4-6-8-10-16/h11-13,16,19H,3-10H2,1-2H3,(H,20,21). The predicted molar refractivity (Wildman–Crippen MR) is 88.9 cm³/mol. The average molecular weight is 288 g/mol. The first-order valence-electron chi connectivity index (χ1n) is 8.36. The highest BCUT2D eigenvalue weighted by atomic mass is 16.1. The lowest BCUT2D eigenvalue weighted by Gasteiger charge is -2.21. The van der Waals surface area contributed by atoms with Gasteiger partial charge < -0.3 is 10.6 Å². The third-order valence-corrected chi connectivity index (χ3v) is 4.30. The molecule has 0 unspecified atom stereocenters. The maximum absolute atomic E-state index is 12.4. The van der Waals surface area contributed by atoms with Crippen LogP contribution in [-0.2, 0) is 0 Å².